The van der Waals surface area contributed by atoms with Crippen LogP contribution in [0.15, 0.2) is 0 Å². The van der Waals surface area contributed by atoms with Gasteiger partial charge in [0.1, 0.15) is 0 Å². The first-order valence-corrected chi connectivity index (χ1v) is 28.0. The lowest BCUT2D eigenvalue weighted by Crippen LogP contribution is -2.71. The Balaban J connectivity index is 8.33. The summed E-state index contributed by atoms with van der Waals surface area (Å²) in [6.45, 7) is 38.1. The molecule has 12 nitrogen and oxygen atoms in total. The van der Waals surface area contributed by atoms with Gasteiger partial charge in [0.25, 0.3) is 0 Å². The van der Waals surface area contributed by atoms with Gasteiger partial charge in [0, 0.05) is 61.5 Å². The molecule has 0 saturated heterocycles. The van der Waals surface area contributed by atoms with E-state index in [0.717, 1.165) is 0 Å². The summed E-state index contributed by atoms with van der Waals surface area (Å²) in [7, 11) is -16.8. The summed E-state index contributed by atoms with van der Waals surface area (Å²) < 4.78 is 83.1. The highest BCUT2D eigenvalue weighted by atomic mass is 28.5. The van der Waals surface area contributed by atoms with Gasteiger partial charge in [0.15, 0.2) is 0 Å². The molecule has 1 unspecified atom stereocenters. The summed E-state index contributed by atoms with van der Waals surface area (Å²) in [6.07, 6.45) is 3.79. The largest absolute Gasteiger partial charge is 0.672 e. The smallest absolute Gasteiger partial charge is 0.349 e. The van der Waals surface area contributed by atoms with Gasteiger partial charge in [-0.05, 0) is 120 Å². The quantitative estimate of drug-likeness (QED) is 0.0587. The van der Waals surface area contributed by atoms with Gasteiger partial charge in [-0.3, -0.25) is 0 Å². The van der Waals surface area contributed by atoms with E-state index < -0.39 is 35.9 Å². The topological polar surface area (TPSA) is 111 Å². The van der Waals surface area contributed by atoms with Gasteiger partial charge >= 0.3 is 35.9 Å². The molecule has 0 fully saturated rings. The van der Waals surface area contributed by atoms with E-state index in [9.17, 15) is 0 Å². The zero-order valence-corrected chi connectivity index (χ0v) is 41.5. The fourth-order valence-corrected chi connectivity index (χ4v) is 19.4. The average molecular weight is 833 g/mol. The molecule has 0 aliphatic carbocycles. The minimum atomic E-state index is -4.31. The van der Waals surface area contributed by atoms with Crippen LogP contribution >= 0.6 is 0 Å². The Kier molecular flexibility index (Phi) is 26.6. The highest BCUT2D eigenvalue weighted by Crippen LogP contribution is 2.35. The van der Waals surface area contributed by atoms with Crippen molar-refractivity contribution in [3.63, 3.8) is 0 Å². The highest BCUT2D eigenvalue weighted by molar-refractivity contribution is 6.81. The van der Waals surface area contributed by atoms with E-state index in [-0.39, 0.29) is 54.9 Å². The van der Waals surface area contributed by atoms with E-state index in [1.807, 2.05) is 62.3 Å². The zero-order valence-electron chi connectivity index (χ0n) is 37.5. The summed E-state index contributed by atoms with van der Waals surface area (Å²) >= 11 is 0. The van der Waals surface area contributed by atoms with Crippen molar-refractivity contribution >= 4 is 35.9 Å². The van der Waals surface area contributed by atoms with E-state index in [2.05, 4.69) is 62.3 Å². The van der Waals surface area contributed by atoms with Gasteiger partial charge in [0.05, 0.1) is 0 Å². The molecule has 0 saturated carbocycles. The maximum Gasteiger partial charge on any atom is 0.672 e. The van der Waals surface area contributed by atoms with Gasteiger partial charge in [0.2, 0.25) is 0 Å². The molecule has 0 bridgehead atoms. The van der Waals surface area contributed by atoms with Crippen molar-refractivity contribution in [1.82, 2.24) is 0 Å². The number of rotatable bonds is 33. The summed E-state index contributed by atoms with van der Waals surface area (Å²) in [5.41, 5.74) is 0. The molecule has 0 rings (SSSR count). The lowest BCUT2D eigenvalue weighted by molar-refractivity contribution is -0.103. The molecule has 0 aromatic heterocycles. The molecule has 320 valence electrons. The van der Waals surface area contributed by atoms with Crippen molar-refractivity contribution in [1.29, 1.82) is 0 Å². The van der Waals surface area contributed by atoms with Gasteiger partial charge in [-0.15, -0.1) is 0 Å². The maximum absolute atomic E-state index is 7.30. The van der Waals surface area contributed by atoms with Crippen LogP contribution in [-0.4, -0.2) is 90.9 Å². The lowest BCUT2D eigenvalue weighted by Gasteiger charge is -2.45. The highest BCUT2D eigenvalue weighted by Gasteiger charge is 2.67. The standard InChI is InChI=1S/C37H84O12Si4/c1-20-29(10)38-51(39-30(11)21-2,40-31(12)22-3)47-50(19,48-52(41-32(13)23-4,42-33(14)24-5)43-34(15)25-6)49-53(44-35(16)26-7,45-36(17)27-8)46-37(18)28-9/h29-37H,20-28H2,1-19H3/t29-,30-,31-,32-,33-,34+,35-,36+,37+,50?/m1/s1. The normalized spacial score (nSPS) is 19.5. The Morgan fingerprint density at radius 2 is 0.377 bits per heavy atom. The van der Waals surface area contributed by atoms with Gasteiger partial charge in [-0.25, -0.2) is 0 Å². The molecule has 0 aliphatic rings. The van der Waals surface area contributed by atoms with E-state index >= 15 is 0 Å². The first-order chi connectivity index (χ1) is 24.7. The summed E-state index contributed by atoms with van der Waals surface area (Å²) in [6, 6.07) is 0. The second-order valence-electron chi connectivity index (χ2n) is 14.7. The van der Waals surface area contributed by atoms with E-state index in [1.165, 1.54) is 0 Å². The molecular formula is C37H84O12Si4. The van der Waals surface area contributed by atoms with Crippen LogP contribution in [0.3, 0.4) is 0 Å². The molecule has 0 aromatic carbocycles. The maximum atomic E-state index is 7.30. The molecule has 0 amide bonds. The molecule has 0 aliphatic heterocycles. The fourth-order valence-electron chi connectivity index (χ4n) is 4.18. The number of hydrogen-bond donors (Lipinski definition) is 0. The molecular weight excluding hydrogens is 749 g/mol. The molecule has 0 radical (unpaired) electrons. The van der Waals surface area contributed by atoms with Crippen molar-refractivity contribution in [3.05, 3.63) is 0 Å². The summed E-state index contributed by atoms with van der Waals surface area (Å²) in [5.74, 6) is 0. The van der Waals surface area contributed by atoms with Crippen LogP contribution in [0.25, 0.3) is 0 Å². The minimum absolute atomic E-state index is 0.273. The van der Waals surface area contributed by atoms with E-state index in [0.29, 0.717) is 57.8 Å². The Labute approximate surface area is 331 Å². The third-order valence-corrected chi connectivity index (χ3v) is 22.9. The van der Waals surface area contributed by atoms with Crippen LogP contribution in [0, 0.1) is 0 Å². The van der Waals surface area contributed by atoms with Crippen LogP contribution in [0.4, 0.5) is 0 Å². The number of hydrogen-bond acceptors (Lipinski definition) is 12. The first-order valence-electron chi connectivity index (χ1n) is 20.9. The predicted octanol–water partition coefficient (Wildman–Crippen LogP) is 10.2. The Morgan fingerprint density at radius 1 is 0.264 bits per heavy atom. The van der Waals surface area contributed by atoms with Crippen molar-refractivity contribution in [2.45, 2.75) is 244 Å². The van der Waals surface area contributed by atoms with Gasteiger partial charge in [-0.1, -0.05) is 62.3 Å². The fraction of sp³-hybridized carbons (Fsp3) is 1.00. The van der Waals surface area contributed by atoms with Gasteiger partial charge < -0.3 is 52.2 Å². The van der Waals surface area contributed by atoms with Crippen LogP contribution < -0.4 is 0 Å². The molecule has 0 heterocycles. The third-order valence-electron chi connectivity index (χ3n) is 9.22. The predicted molar refractivity (Wildman–Crippen MR) is 220 cm³/mol. The second-order valence-corrected chi connectivity index (χ2v) is 24.0. The van der Waals surface area contributed by atoms with E-state index in [4.69, 9.17) is 52.2 Å². The molecule has 10 atom stereocenters. The lowest BCUT2D eigenvalue weighted by atomic mass is 10.3. The average Bonchev–Trinajstić information content (AvgIpc) is 3.10. The SMILES string of the molecule is CC[C@@H](C)O[Si](O[C@H](C)CC)(O[C@H](C)CC)O[Si](C)(O[Si](O[C@H](C)CC)(O[C@H](C)CC)O[C@@H](C)CC)O[Si](O[C@H](C)CC)(O[C@@H](C)CC)O[C@@H](C)CC. The van der Waals surface area contributed by atoms with Crippen molar-refractivity contribution < 1.29 is 52.2 Å². The van der Waals surface area contributed by atoms with Crippen molar-refractivity contribution in [2.75, 3.05) is 0 Å². The third kappa shape index (κ3) is 20.1. The van der Waals surface area contributed by atoms with Crippen molar-refractivity contribution in [3.8, 4) is 0 Å². The Morgan fingerprint density at radius 3 is 0.472 bits per heavy atom. The van der Waals surface area contributed by atoms with Gasteiger partial charge in [-0.2, -0.15) is 0 Å². The van der Waals surface area contributed by atoms with Crippen LogP contribution in [0.5, 0.6) is 0 Å². The molecule has 0 N–H and O–H groups in total. The molecule has 16 heteroatoms. The van der Waals surface area contributed by atoms with E-state index in [1.54, 1.807) is 6.55 Å². The van der Waals surface area contributed by atoms with Crippen LogP contribution in [0.1, 0.15) is 182 Å². The van der Waals surface area contributed by atoms with Crippen LogP contribution in [-0.2, 0) is 52.2 Å². The summed E-state index contributed by atoms with van der Waals surface area (Å²) in [5, 5.41) is 0. The summed E-state index contributed by atoms with van der Waals surface area (Å²) in [4.78, 5) is 0. The monoisotopic (exact) mass is 833 g/mol. The first kappa shape index (κ1) is 53.4. The minimum Gasteiger partial charge on any atom is -0.349 e. The zero-order chi connectivity index (χ0) is 41.0. The second kappa shape index (κ2) is 26.4. The molecule has 0 spiro atoms. The van der Waals surface area contributed by atoms with Crippen LogP contribution in [0.2, 0.25) is 6.55 Å². The molecule has 0 aromatic rings. The molecule has 53 heavy (non-hydrogen) atoms. The Bertz CT molecular complexity index is 734. The Hall–Kier alpha value is 0.388. The van der Waals surface area contributed by atoms with Crippen molar-refractivity contribution in [2.24, 2.45) is 0 Å².